The molecule has 0 aliphatic carbocycles. The molecule has 0 saturated carbocycles. The van der Waals surface area contributed by atoms with E-state index in [0.29, 0.717) is 0 Å². The molecule has 0 N–H and O–H groups in total. The van der Waals surface area contributed by atoms with Gasteiger partial charge in [0.2, 0.25) is 5.69 Å². The average Bonchev–Trinajstić information content (AvgIpc) is 2.63. The number of rotatable bonds is 6. The van der Waals surface area contributed by atoms with Crippen LogP contribution in [0.15, 0.2) is 72.5 Å². The molecular weight excluding hydrogens is 304 g/mol. The third-order valence-electron chi connectivity index (χ3n) is 4.63. The third kappa shape index (κ3) is 4.33. The van der Waals surface area contributed by atoms with Gasteiger partial charge in [0.15, 0.2) is 6.20 Å². The van der Waals surface area contributed by atoms with Gasteiger partial charge in [0, 0.05) is 29.8 Å². The molecule has 0 aliphatic rings. The van der Waals surface area contributed by atoms with Crippen molar-refractivity contribution in [2.24, 2.45) is 14.1 Å². The van der Waals surface area contributed by atoms with Crippen LogP contribution in [0.4, 0.5) is 0 Å². The number of allylic oxidation sites excluding steroid dienone is 6. The van der Waals surface area contributed by atoms with Gasteiger partial charge in [-0.05, 0) is 38.0 Å². The van der Waals surface area contributed by atoms with Crippen LogP contribution in [0, 0.1) is 0 Å². The molecule has 2 aromatic heterocycles. The number of aromatic nitrogens is 2. The highest BCUT2D eigenvalue weighted by atomic mass is 15.0. The fraction of sp³-hybridized carbons (Fsp3) is 0.304. The first-order chi connectivity index (χ1) is 12.1. The molecule has 0 unspecified atom stereocenters. The van der Waals surface area contributed by atoms with Gasteiger partial charge < -0.3 is 0 Å². The molecular formula is C23H30N2+2. The Bertz CT molecular complexity index is 805. The van der Waals surface area contributed by atoms with Crippen molar-refractivity contribution in [2.75, 3.05) is 0 Å². The Morgan fingerprint density at radius 1 is 0.920 bits per heavy atom. The Morgan fingerprint density at radius 2 is 1.64 bits per heavy atom. The Balaban J connectivity index is 2.66. The van der Waals surface area contributed by atoms with Crippen molar-refractivity contribution in [3.05, 3.63) is 78.2 Å². The zero-order valence-electron chi connectivity index (χ0n) is 16.2. The van der Waals surface area contributed by atoms with Gasteiger partial charge in [0.1, 0.15) is 14.1 Å². The summed E-state index contributed by atoms with van der Waals surface area (Å²) in [7, 11) is 4.25. The zero-order chi connectivity index (χ0) is 18.2. The summed E-state index contributed by atoms with van der Waals surface area (Å²) >= 11 is 0. The van der Waals surface area contributed by atoms with E-state index in [-0.39, 0.29) is 0 Å². The van der Waals surface area contributed by atoms with Gasteiger partial charge in [-0.1, -0.05) is 37.6 Å². The molecule has 0 saturated heterocycles. The van der Waals surface area contributed by atoms with Crippen molar-refractivity contribution < 1.29 is 9.13 Å². The number of aryl methyl sites for hydroxylation is 1. The van der Waals surface area contributed by atoms with E-state index in [1.165, 1.54) is 28.2 Å². The van der Waals surface area contributed by atoms with E-state index >= 15 is 0 Å². The van der Waals surface area contributed by atoms with E-state index in [1.807, 2.05) is 6.92 Å². The molecule has 130 valence electrons. The lowest BCUT2D eigenvalue weighted by atomic mass is 9.98. The monoisotopic (exact) mass is 334 g/mol. The normalized spacial score (nSPS) is 11.4. The Labute approximate surface area is 152 Å². The van der Waals surface area contributed by atoms with Crippen LogP contribution in [0.3, 0.4) is 0 Å². The van der Waals surface area contributed by atoms with Crippen LogP contribution < -0.4 is 9.13 Å². The average molecular weight is 335 g/mol. The molecule has 0 spiro atoms. The number of hydrogen-bond donors (Lipinski definition) is 0. The highest BCUT2D eigenvalue weighted by Crippen LogP contribution is 2.24. The van der Waals surface area contributed by atoms with E-state index in [4.69, 9.17) is 0 Å². The molecule has 2 rings (SSSR count). The van der Waals surface area contributed by atoms with Gasteiger partial charge in [-0.25, -0.2) is 0 Å². The molecule has 2 heteroatoms. The van der Waals surface area contributed by atoms with E-state index in [2.05, 4.69) is 104 Å². The zero-order valence-corrected chi connectivity index (χ0v) is 16.2. The van der Waals surface area contributed by atoms with Crippen LogP contribution in [0.1, 0.15) is 39.3 Å². The van der Waals surface area contributed by atoms with E-state index < -0.39 is 0 Å². The largest absolute Gasteiger partial charge is 0.277 e. The van der Waals surface area contributed by atoms with Crippen molar-refractivity contribution in [1.82, 2.24) is 0 Å². The molecule has 0 atom stereocenters. The van der Waals surface area contributed by atoms with Crippen LogP contribution in [0.2, 0.25) is 0 Å². The molecule has 0 radical (unpaired) electrons. The first-order valence-electron chi connectivity index (χ1n) is 9.09. The second-order valence-electron chi connectivity index (χ2n) is 6.16. The summed E-state index contributed by atoms with van der Waals surface area (Å²) in [6.07, 6.45) is 12.7. The van der Waals surface area contributed by atoms with Crippen molar-refractivity contribution in [3.63, 3.8) is 0 Å². The van der Waals surface area contributed by atoms with Gasteiger partial charge in [0.05, 0.1) is 0 Å². The van der Waals surface area contributed by atoms with Crippen LogP contribution in [0.25, 0.3) is 17.0 Å². The third-order valence-corrected chi connectivity index (χ3v) is 4.63. The summed E-state index contributed by atoms with van der Waals surface area (Å²) in [5, 5.41) is 0. The van der Waals surface area contributed by atoms with E-state index in [0.717, 1.165) is 12.8 Å². The first-order valence-corrected chi connectivity index (χ1v) is 9.09. The number of nitrogens with zero attached hydrogens (tertiary/aromatic N) is 2. The first kappa shape index (κ1) is 18.9. The van der Waals surface area contributed by atoms with E-state index in [1.54, 1.807) is 0 Å². The summed E-state index contributed by atoms with van der Waals surface area (Å²) in [6, 6.07) is 12.9. The second-order valence-corrected chi connectivity index (χ2v) is 6.16. The summed E-state index contributed by atoms with van der Waals surface area (Å²) in [4.78, 5) is 0. The highest BCUT2D eigenvalue weighted by molar-refractivity contribution is 5.74. The van der Waals surface area contributed by atoms with Crippen molar-refractivity contribution in [1.29, 1.82) is 0 Å². The standard InChI is InChI=1S/C23H30N2/c1-6-9-10-14-20(19(7-2)8-3)21-16-13-17-23(25(21)5)22-15-11-12-18-24(22)4/h6,9-18H,7-8H2,1-5H3/q+2. The summed E-state index contributed by atoms with van der Waals surface area (Å²) < 4.78 is 4.47. The van der Waals surface area contributed by atoms with E-state index in [9.17, 15) is 0 Å². The highest BCUT2D eigenvalue weighted by Gasteiger charge is 2.23. The summed E-state index contributed by atoms with van der Waals surface area (Å²) in [5.41, 5.74) is 6.47. The fourth-order valence-electron chi connectivity index (χ4n) is 3.18. The topological polar surface area (TPSA) is 7.76 Å². The lowest BCUT2D eigenvalue weighted by molar-refractivity contribution is -0.691. The maximum Gasteiger partial charge on any atom is 0.277 e. The van der Waals surface area contributed by atoms with Gasteiger partial charge in [-0.2, -0.15) is 9.13 Å². The molecule has 25 heavy (non-hydrogen) atoms. The second kappa shape index (κ2) is 9.12. The lowest BCUT2D eigenvalue weighted by Gasteiger charge is -2.09. The van der Waals surface area contributed by atoms with Crippen molar-refractivity contribution in [3.8, 4) is 11.4 Å². The summed E-state index contributed by atoms with van der Waals surface area (Å²) in [5.74, 6) is 0. The molecule has 2 aromatic rings. The minimum Gasteiger partial charge on any atom is -0.196 e. The van der Waals surface area contributed by atoms with Crippen LogP contribution in [-0.4, -0.2) is 0 Å². The predicted octanol–water partition coefficient (Wildman–Crippen LogP) is 4.71. The minimum absolute atomic E-state index is 1.06. The van der Waals surface area contributed by atoms with Crippen molar-refractivity contribution in [2.45, 2.75) is 33.6 Å². The number of hydrogen-bond acceptors (Lipinski definition) is 0. The SMILES string of the molecule is CC=CC=CC(=C(CC)CC)c1cccc(-c2cccc[n+]2C)[n+]1C. The smallest absolute Gasteiger partial charge is 0.196 e. The van der Waals surface area contributed by atoms with Gasteiger partial charge in [0.25, 0.3) is 11.4 Å². The quantitative estimate of drug-likeness (QED) is 0.534. The molecule has 0 bridgehead atoms. The molecule has 0 amide bonds. The molecule has 2 nitrogen and oxygen atoms in total. The van der Waals surface area contributed by atoms with Gasteiger partial charge in [-0.3, -0.25) is 0 Å². The van der Waals surface area contributed by atoms with Crippen molar-refractivity contribution >= 4 is 5.57 Å². The molecule has 0 fully saturated rings. The fourth-order valence-corrected chi connectivity index (χ4v) is 3.18. The Kier molecular flexibility index (Phi) is 6.88. The molecule has 0 aromatic carbocycles. The van der Waals surface area contributed by atoms with Crippen LogP contribution in [-0.2, 0) is 14.1 Å². The minimum atomic E-state index is 1.06. The van der Waals surface area contributed by atoms with Crippen LogP contribution >= 0.6 is 0 Å². The van der Waals surface area contributed by atoms with Gasteiger partial charge in [-0.15, -0.1) is 0 Å². The molecule has 0 aliphatic heterocycles. The van der Waals surface area contributed by atoms with Gasteiger partial charge >= 0.3 is 0 Å². The maximum atomic E-state index is 2.30. The lowest BCUT2D eigenvalue weighted by Crippen LogP contribution is -2.40. The van der Waals surface area contributed by atoms with Crippen LogP contribution in [0.5, 0.6) is 0 Å². The Hall–Kier alpha value is -2.48. The molecule has 2 heterocycles. The maximum absolute atomic E-state index is 2.30. The predicted molar refractivity (Wildman–Crippen MR) is 106 cm³/mol. The number of pyridine rings is 2. The summed E-state index contributed by atoms with van der Waals surface area (Å²) in [6.45, 7) is 6.52. The Morgan fingerprint density at radius 3 is 2.28 bits per heavy atom.